The van der Waals surface area contributed by atoms with Gasteiger partial charge in [-0.15, -0.1) is 22.7 Å². The number of carbonyl (C=O) groups is 1. The van der Waals surface area contributed by atoms with E-state index in [0.717, 1.165) is 24.4 Å². The summed E-state index contributed by atoms with van der Waals surface area (Å²) in [6.07, 6.45) is 0.869. The van der Waals surface area contributed by atoms with E-state index >= 15 is 0 Å². The predicted octanol–water partition coefficient (Wildman–Crippen LogP) is 4.62. The smallest absolute Gasteiger partial charge is 0.261 e. The Bertz CT molecular complexity index is 543. The third kappa shape index (κ3) is 3.66. The number of thiophene rings is 2. The second-order valence-corrected chi connectivity index (χ2v) is 8.70. The van der Waals surface area contributed by atoms with Crippen LogP contribution in [0.3, 0.4) is 0 Å². The van der Waals surface area contributed by atoms with E-state index in [1.807, 2.05) is 19.1 Å². The van der Waals surface area contributed by atoms with Gasteiger partial charge in [0.2, 0.25) is 0 Å². The minimum absolute atomic E-state index is 0.00409. The van der Waals surface area contributed by atoms with Gasteiger partial charge in [0.25, 0.3) is 5.91 Å². The summed E-state index contributed by atoms with van der Waals surface area (Å²) in [5.74, 6) is 0.00409. The molecule has 0 bridgehead atoms. The second kappa shape index (κ2) is 6.32. The van der Waals surface area contributed by atoms with E-state index in [0.29, 0.717) is 6.54 Å². The van der Waals surface area contributed by atoms with Crippen molar-refractivity contribution in [2.24, 2.45) is 0 Å². The van der Waals surface area contributed by atoms with E-state index in [2.05, 4.69) is 43.2 Å². The van der Waals surface area contributed by atoms with Crippen molar-refractivity contribution in [1.29, 1.82) is 0 Å². The van der Waals surface area contributed by atoms with Crippen molar-refractivity contribution in [2.45, 2.75) is 13.3 Å². The average Bonchev–Trinajstić information content (AvgIpc) is 2.87. The fourth-order valence-corrected chi connectivity index (χ4v) is 4.38. The van der Waals surface area contributed by atoms with Crippen LogP contribution < -0.4 is 5.32 Å². The minimum Gasteiger partial charge on any atom is -0.351 e. The zero-order chi connectivity index (χ0) is 13.1. The van der Waals surface area contributed by atoms with Crippen molar-refractivity contribution in [3.63, 3.8) is 0 Å². The van der Waals surface area contributed by atoms with Gasteiger partial charge in [-0.05, 0) is 69.0 Å². The lowest BCUT2D eigenvalue weighted by Gasteiger charge is -2.01. The van der Waals surface area contributed by atoms with Crippen LogP contribution in [0, 0.1) is 6.92 Å². The molecule has 0 spiro atoms. The highest BCUT2D eigenvalue weighted by molar-refractivity contribution is 9.11. The lowest BCUT2D eigenvalue weighted by Crippen LogP contribution is -2.24. The Hall–Kier alpha value is -0.170. The highest BCUT2D eigenvalue weighted by Gasteiger charge is 2.10. The Morgan fingerprint density at radius 3 is 2.67 bits per heavy atom. The van der Waals surface area contributed by atoms with Gasteiger partial charge in [-0.2, -0.15) is 0 Å². The lowest BCUT2D eigenvalue weighted by atomic mass is 10.3. The van der Waals surface area contributed by atoms with E-state index in [1.165, 1.54) is 16.2 Å². The Balaban J connectivity index is 1.85. The molecule has 2 aromatic heterocycles. The molecule has 18 heavy (non-hydrogen) atoms. The molecule has 6 heteroatoms. The van der Waals surface area contributed by atoms with Crippen LogP contribution in [0.4, 0.5) is 0 Å². The van der Waals surface area contributed by atoms with Crippen molar-refractivity contribution < 1.29 is 4.79 Å². The van der Waals surface area contributed by atoms with Gasteiger partial charge >= 0.3 is 0 Å². The van der Waals surface area contributed by atoms with Crippen molar-refractivity contribution in [3.05, 3.63) is 41.1 Å². The SMILES string of the molecule is Cc1cc(C(=O)NCCc2ccc(Br)s2)sc1Br. The Labute approximate surface area is 131 Å². The van der Waals surface area contributed by atoms with Gasteiger partial charge in [-0.25, -0.2) is 0 Å². The van der Waals surface area contributed by atoms with Crippen LogP contribution in [0.25, 0.3) is 0 Å². The number of hydrogen-bond acceptors (Lipinski definition) is 3. The lowest BCUT2D eigenvalue weighted by molar-refractivity contribution is 0.0958. The average molecular weight is 409 g/mol. The largest absolute Gasteiger partial charge is 0.351 e. The summed E-state index contributed by atoms with van der Waals surface area (Å²) in [4.78, 5) is 13.9. The fourth-order valence-electron chi connectivity index (χ4n) is 1.44. The highest BCUT2D eigenvalue weighted by atomic mass is 79.9. The maximum atomic E-state index is 11.9. The molecule has 2 rings (SSSR count). The number of carbonyl (C=O) groups excluding carboxylic acids is 1. The Morgan fingerprint density at radius 2 is 2.11 bits per heavy atom. The van der Waals surface area contributed by atoms with E-state index in [1.54, 1.807) is 11.3 Å². The maximum Gasteiger partial charge on any atom is 0.261 e. The van der Waals surface area contributed by atoms with Gasteiger partial charge in [0.15, 0.2) is 0 Å². The van der Waals surface area contributed by atoms with Crippen LogP contribution in [0.5, 0.6) is 0 Å². The zero-order valence-corrected chi connectivity index (χ0v) is 14.4. The molecule has 0 saturated heterocycles. The molecular weight excluding hydrogens is 398 g/mol. The van der Waals surface area contributed by atoms with Crippen molar-refractivity contribution in [1.82, 2.24) is 5.32 Å². The first-order valence-corrected chi connectivity index (χ1v) is 8.56. The maximum absolute atomic E-state index is 11.9. The number of halogens is 2. The van der Waals surface area contributed by atoms with Crippen LogP contribution >= 0.6 is 54.5 Å². The molecule has 0 aliphatic carbocycles. The molecule has 96 valence electrons. The van der Waals surface area contributed by atoms with Crippen LogP contribution in [-0.4, -0.2) is 12.5 Å². The van der Waals surface area contributed by atoms with Crippen LogP contribution in [0.1, 0.15) is 20.1 Å². The molecule has 0 saturated carbocycles. The van der Waals surface area contributed by atoms with Gasteiger partial charge in [0, 0.05) is 11.4 Å². The Morgan fingerprint density at radius 1 is 1.33 bits per heavy atom. The summed E-state index contributed by atoms with van der Waals surface area (Å²) in [6, 6.07) is 6.01. The first kappa shape index (κ1) is 14.2. The standard InChI is InChI=1S/C12H11Br2NOS2/c1-7-6-9(18-11(7)14)12(16)15-5-4-8-2-3-10(13)17-8/h2-3,6H,4-5H2,1H3,(H,15,16). The third-order valence-electron chi connectivity index (χ3n) is 2.37. The first-order valence-electron chi connectivity index (χ1n) is 5.34. The highest BCUT2D eigenvalue weighted by Crippen LogP contribution is 2.27. The van der Waals surface area contributed by atoms with Crippen LogP contribution in [0.2, 0.25) is 0 Å². The van der Waals surface area contributed by atoms with Gasteiger partial charge in [-0.1, -0.05) is 0 Å². The topological polar surface area (TPSA) is 29.1 Å². The first-order chi connectivity index (χ1) is 8.56. The van der Waals surface area contributed by atoms with Gasteiger partial charge < -0.3 is 5.32 Å². The fraction of sp³-hybridized carbons (Fsp3) is 0.250. The van der Waals surface area contributed by atoms with E-state index in [9.17, 15) is 4.79 Å². The second-order valence-electron chi connectivity index (χ2n) is 3.78. The van der Waals surface area contributed by atoms with E-state index in [-0.39, 0.29) is 5.91 Å². The molecule has 2 aromatic rings. The molecule has 0 aromatic carbocycles. The van der Waals surface area contributed by atoms with Crippen LogP contribution in [-0.2, 0) is 6.42 Å². The molecule has 0 aliphatic heterocycles. The number of hydrogen-bond donors (Lipinski definition) is 1. The monoisotopic (exact) mass is 407 g/mol. The van der Waals surface area contributed by atoms with E-state index in [4.69, 9.17) is 0 Å². The molecule has 0 unspecified atom stereocenters. The predicted molar refractivity (Wildman–Crippen MR) is 84.8 cm³/mol. The van der Waals surface area contributed by atoms with Gasteiger partial charge in [0.05, 0.1) is 12.4 Å². The van der Waals surface area contributed by atoms with Crippen molar-refractivity contribution in [2.75, 3.05) is 6.54 Å². The van der Waals surface area contributed by atoms with Gasteiger partial charge in [0.1, 0.15) is 0 Å². The number of rotatable bonds is 4. The molecule has 0 atom stereocenters. The summed E-state index contributed by atoms with van der Waals surface area (Å²) < 4.78 is 2.15. The summed E-state index contributed by atoms with van der Waals surface area (Å²) in [6.45, 7) is 2.65. The normalized spacial score (nSPS) is 10.6. The summed E-state index contributed by atoms with van der Waals surface area (Å²) in [5, 5.41) is 2.94. The molecule has 0 radical (unpaired) electrons. The summed E-state index contributed by atoms with van der Waals surface area (Å²) in [7, 11) is 0. The van der Waals surface area contributed by atoms with Crippen molar-refractivity contribution >= 4 is 60.4 Å². The minimum atomic E-state index is 0.00409. The van der Waals surface area contributed by atoms with Gasteiger partial charge in [-0.3, -0.25) is 4.79 Å². The molecule has 1 N–H and O–H groups in total. The van der Waals surface area contributed by atoms with E-state index < -0.39 is 0 Å². The molecule has 1 amide bonds. The Kier molecular flexibility index (Phi) is 5.00. The molecule has 0 aliphatic rings. The zero-order valence-electron chi connectivity index (χ0n) is 9.63. The molecule has 0 fully saturated rings. The molecule has 2 heterocycles. The number of aryl methyl sites for hydroxylation is 1. The third-order valence-corrected chi connectivity index (χ3v) is 6.19. The number of nitrogens with one attached hydrogen (secondary N) is 1. The summed E-state index contributed by atoms with van der Waals surface area (Å²) in [5.41, 5.74) is 1.10. The molecule has 2 nitrogen and oxygen atoms in total. The quantitative estimate of drug-likeness (QED) is 0.785. The molecular formula is C12H11Br2NOS2. The summed E-state index contributed by atoms with van der Waals surface area (Å²) >= 11 is 10.0. The number of amides is 1. The van der Waals surface area contributed by atoms with Crippen molar-refractivity contribution in [3.8, 4) is 0 Å². The van der Waals surface area contributed by atoms with Crippen LogP contribution in [0.15, 0.2) is 25.8 Å².